The molecule has 6 heteroatoms. The van der Waals surface area contributed by atoms with Gasteiger partial charge in [0, 0.05) is 44.1 Å². The van der Waals surface area contributed by atoms with Crippen molar-refractivity contribution >= 4 is 11.6 Å². The van der Waals surface area contributed by atoms with Gasteiger partial charge in [0.2, 0.25) is 5.78 Å². The zero-order valence-electron chi connectivity index (χ0n) is 15.1. The molecule has 2 aromatic heterocycles. The second-order valence-electron chi connectivity index (χ2n) is 7.30. The molecule has 0 aromatic carbocycles. The highest BCUT2D eigenvalue weighted by Crippen LogP contribution is 2.30. The highest BCUT2D eigenvalue weighted by atomic mass is 16.1. The SMILES string of the molecule is Cn1ccnc1C(=O)C1CCCN(c2nc3c(cc2C#N)CCCC3)C1. The fourth-order valence-electron chi connectivity index (χ4n) is 4.12. The third-order valence-corrected chi connectivity index (χ3v) is 5.53. The van der Waals surface area contributed by atoms with Gasteiger partial charge in [-0.05, 0) is 50.2 Å². The van der Waals surface area contributed by atoms with Crippen LogP contribution in [0.1, 0.15) is 53.1 Å². The van der Waals surface area contributed by atoms with Gasteiger partial charge in [0.15, 0.2) is 5.82 Å². The lowest BCUT2D eigenvalue weighted by Gasteiger charge is -2.34. The van der Waals surface area contributed by atoms with Gasteiger partial charge in [-0.3, -0.25) is 4.79 Å². The fourth-order valence-corrected chi connectivity index (χ4v) is 4.12. The van der Waals surface area contributed by atoms with Crippen molar-refractivity contribution < 1.29 is 4.79 Å². The minimum atomic E-state index is -0.103. The Bertz CT molecular complexity index is 879. The van der Waals surface area contributed by atoms with Gasteiger partial charge in [0.1, 0.15) is 11.9 Å². The maximum Gasteiger partial charge on any atom is 0.203 e. The van der Waals surface area contributed by atoms with Crippen LogP contribution in [-0.2, 0) is 19.9 Å². The molecule has 0 bridgehead atoms. The first-order valence-corrected chi connectivity index (χ1v) is 9.36. The smallest absolute Gasteiger partial charge is 0.203 e. The van der Waals surface area contributed by atoms with E-state index < -0.39 is 0 Å². The van der Waals surface area contributed by atoms with E-state index in [1.807, 2.05) is 13.1 Å². The standard InChI is InChI=1S/C20H23N5O/c1-24-10-8-22-20(24)18(26)15-6-4-9-25(13-15)19-16(12-21)11-14-5-2-3-7-17(14)23-19/h8,10-11,15H,2-7,9,13H2,1H3. The molecule has 0 spiro atoms. The number of carbonyl (C=O) groups excluding carboxylic acids is 1. The summed E-state index contributed by atoms with van der Waals surface area (Å²) in [4.78, 5) is 24.0. The van der Waals surface area contributed by atoms with Gasteiger partial charge in [-0.2, -0.15) is 5.26 Å². The summed E-state index contributed by atoms with van der Waals surface area (Å²) in [6.45, 7) is 1.44. The molecule has 6 nitrogen and oxygen atoms in total. The van der Waals surface area contributed by atoms with Crippen LogP contribution in [0.25, 0.3) is 0 Å². The number of fused-ring (bicyclic) bond motifs is 1. The molecule has 26 heavy (non-hydrogen) atoms. The van der Waals surface area contributed by atoms with Crippen molar-refractivity contribution in [1.82, 2.24) is 14.5 Å². The normalized spacial score (nSPS) is 19.7. The summed E-state index contributed by atoms with van der Waals surface area (Å²) >= 11 is 0. The molecule has 1 fully saturated rings. The number of pyridine rings is 1. The van der Waals surface area contributed by atoms with Crippen molar-refractivity contribution in [3.05, 3.63) is 41.1 Å². The van der Waals surface area contributed by atoms with E-state index in [1.54, 1.807) is 17.0 Å². The molecular formula is C20H23N5O. The van der Waals surface area contributed by atoms with Gasteiger partial charge in [-0.25, -0.2) is 9.97 Å². The molecule has 0 saturated carbocycles. The van der Waals surface area contributed by atoms with Crippen molar-refractivity contribution in [2.75, 3.05) is 18.0 Å². The summed E-state index contributed by atoms with van der Waals surface area (Å²) in [5.74, 6) is 1.24. The van der Waals surface area contributed by atoms with E-state index in [0.717, 1.165) is 50.2 Å². The highest BCUT2D eigenvalue weighted by molar-refractivity contribution is 5.95. The number of carbonyl (C=O) groups is 1. The predicted octanol–water partition coefficient (Wildman–Crippen LogP) is 2.66. The van der Waals surface area contributed by atoms with Gasteiger partial charge in [-0.15, -0.1) is 0 Å². The van der Waals surface area contributed by atoms with E-state index in [1.165, 1.54) is 12.0 Å². The number of ketones is 1. The van der Waals surface area contributed by atoms with Crippen LogP contribution in [0.15, 0.2) is 18.5 Å². The molecule has 0 radical (unpaired) electrons. The Labute approximate surface area is 153 Å². The minimum Gasteiger partial charge on any atom is -0.355 e. The molecule has 134 valence electrons. The Hall–Kier alpha value is -2.68. The maximum atomic E-state index is 12.9. The van der Waals surface area contributed by atoms with Gasteiger partial charge >= 0.3 is 0 Å². The summed E-state index contributed by atoms with van der Waals surface area (Å²) in [6, 6.07) is 4.33. The van der Waals surface area contributed by atoms with Gasteiger partial charge in [-0.1, -0.05) is 0 Å². The Morgan fingerprint density at radius 3 is 2.92 bits per heavy atom. The minimum absolute atomic E-state index is 0.0821. The summed E-state index contributed by atoms with van der Waals surface area (Å²) < 4.78 is 1.78. The number of anilines is 1. The number of Topliss-reactive ketones (excluding diaryl/α,β-unsaturated/α-hetero) is 1. The average Bonchev–Trinajstić information content (AvgIpc) is 3.12. The van der Waals surface area contributed by atoms with Crippen molar-refractivity contribution in [3.63, 3.8) is 0 Å². The van der Waals surface area contributed by atoms with Crippen molar-refractivity contribution in [3.8, 4) is 6.07 Å². The summed E-state index contributed by atoms with van der Waals surface area (Å²) in [6.07, 6.45) is 9.56. The Morgan fingerprint density at radius 1 is 1.31 bits per heavy atom. The van der Waals surface area contributed by atoms with Crippen molar-refractivity contribution in [2.24, 2.45) is 13.0 Å². The molecule has 1 aliphatic carbocycles. The number of piperidine rings is 1. The zero-order chi connectivity index (χ0) is 18.1. The van der Waals surface area contributed by atoms with Gasteiger partial charge in [0.25, 0.3) is 0 Å². The number of aryl methyl sites for hydroxylation is 3. The van der Waals surface area contributed by atoms with Crippen LogP contribution >= 0.6 is 0 Å². The molecule has 0 N–H and O–H groups in total. The van der Waals surface area contributed by atoms with E-state index >= 15 is 0 Å². The number of hydrogen-bond acceptors (Lipinski definition) is 5. The molecule has 0 amide bonds. The lowest BCUT2D eigenvalue weighted by atomic mass is 9.92. The van der Waals surface area contributed by atoms with E-state index in [-0.39, 0.29) is 11.7 Å². The monoisotopic (exact) mass is 349 g/mol. The summed E-state index contributed by atoms with van der Waals surface area (Å²) in [7, 11) is 1.85. The van der Waals surface area contributed by atoms with Crippen LogP contribution in [0.5, 0.6) is 0 Å². The van der Waals surface area contributed by atoms with Crippen LogP contribution in [0.3, 0.4) is 0 Å². The number of rotatable bonds is 3. The molecular weight excluding hydrogens is 326 g/mol. The summed E-state index contributed by atoms with van der Waals surface area (Å²) in [5, 5.41) is 9.62. The van der Waals surface area contributed by atoms with Gasteiger partial charge in [0.05, 0.1) is 5.56 Å². The first-order chi connectivity index (χ1) is 12.7. The number of nitriles is 1. The van der Waals surface area contributed by atoms with Gasteiger partial charge < -0.3 is 9.47 Å². The quantitative estimate of drug-likeness (QED) is 0.797. The number of imidazole rings is 1. The second-order valence-corrected chi connectivity index (χ2v) is 7.30. The topological polar surface area (TPSA) is 74.8 Å². The van der Waals surface area contributed by atoms with E-state index in [4.69, 9.17) is 4.98 Å². The number of nitrogens with zero attached hydrogens (tertiary/aromatic N) is 5. The van der Waals surface area contributed by atoms with Crippen LogP contribution in [0, 0.1) is 17.2 Å². The molecule has 3 heterocycles. The molecule has 2 aromatic rings. The molecule has 1 saturated heterocycles. The van der Waals surface area contributed by atoms with Crippen LogP contribution in [0.4, 0.5) is 5.82 Å². The first kappa shape index (κ1) is 16.8. The van der Waals surface area contributed by atoms with Crippen molar-refractivity contribution in [1.29, 1.82) is 5.26 Å². The van der Waals surface area contributed by atoms with E-state index in [0.29, 0.717) is 17.9 Å². The molecule has 1 aliphatic heterocycles. The Balaban J connectivity index is 1.61. The Morgan fingerprint density at radius 2 is 2.15 bits per heavy atom. The van der Waals surface area contributed by atoms with Crippen LogP contribution in [-0.4, -0.2) is 33.4 Å². The average molecular weight is 349 g/mol. The third-order valence-electron chi connectivity index (χ3n) is 5.53. The van der Waals surface area contributed by atoms with E-state index in [2.05, 4.69) is 16.0 Å². The molecule has 1 atom stereocenters. The van der Waals surface area contributed by atoms with E-state index in [9.17, 15) is 10.1 Å². The maximum absolute atomic E-state index is 12.9. The first-order valence-electron chi connectivity index (χ1n) is 9.36. The zero-order valence-corrected chi connectivity index (χ0v) is 15.1. The largest absolute Gasteiger partial charge is 0.355 e. The lowest BCUT2D eigenvalue weighted by molar-refractivity contribution is 0.0893. The number of aromatic nitrogens is 3. The second kappa shape index (κ2) is 6.91. The fraction of sp³-hybridized carbons (Fsp3) is 0.500. The van der Waals surface area contributed by atoms with Crippen LogP contribution < -0.4 is 4.90 Å². The molecule has 1 unspecified atom stereocenters. The van der Waals surface area contributed by atoms with Crippen molar-refractivity contribution in [2.45, 2.75) is 38.5 Å². The lowest BCUT2D eigenvalue weighted by Crippen LogP contribution is -2.40. The van der Waals surface area contributed by atoms with Crippen LogP contribution in [0.2, 0.25) is 0 Å². The predicted molar refractivity (Wildman–Crippen MR) is 98.1 cm³/mol. The molecule has 4 rings (SSSR count). The summed E-state index contributed by atoms with van der Waals surface area (Å²) in [5.41, 5.74) is 2.98. The number of hydrogen-bond donors (Lipinski definition) is 0. The molecule has 2 aliphatic rings. The third kappa shape index (κ3) is 2.98. The Kier molecular flexibility index (Phi) is 4.46. The highest BCUT2D eigenvalue weighted by Gasteiger charge is 2.30.